The van der Waals surface area contributed by atoms with Crippen molar-refractivity contribution in [3.05, 3.63) is 88.9 Å². The first kappa shape index (κ1) is 22.8. The van der Waals surface area contributed by atoms with Gasteiger partial charge in [0.15, 0.2) is 0 Å². The van der Waals surface area contributed by atoms with Gasteiger partial charge in [-0.2, -0.15) is 0 Å². The smallest absolute Gasteiger partial charge is 0.264 e. The van der Waals surface area contributed by atoms with E-state index in [4.69, 9.17) is 11.6 Å². The lowest BCUT2D eigenvalue weighted by molar-refractivity contribution is 0.102. The van der Waals surface area contributed by atoms with Gasteiger partial charge < -0.3 is 5.32 Å². The minimum atomic E-state index is -3.73. The number of halogens is 1. The summed E-state index contributed by atoms with van der Waals surface area (Å²) < 4.78 is 26.8. The van der Waals surface area contributed by atoms with Crippen LogP contribution in [0.25, 0.3) is 0 Å². The van der Waals surface area contributed by atoms with Crippen LogP contribution in [0.5, 0.6) is 0 Å². The number of aryl methyl sites for hydroxylation is 1. The second kappa shape index (κ2) is 9.98. The Labute approximate surface area is 188 Å². The molecule has 3 aromatic carbocycles. The zero-order valence-corrected chi connectivity index (χ0v) is 19.1. The van der Waals surface area contributed by atoms with Crippen molar-refractivity contribution in [3.63, 3.8) is 0 Å². The van der Waals surface area contributed by atoms with Crippen LogP contribution in [0.1, 0.15) is 35.7 Å². The highest BCUT2D eigenvalue weighted by atomic mass is 35.5. The molecule has 0 heterocycles. The maximum Gasteiger partial charge on any atom is 0.264 e. The van der Waals surface area contributed by atoms with E-state index in [1.54, 1.807) is 24.3 Å². The normalized spacial score (nSPS) is 11.2. The summed E-state index contributed by atoms with van der Waals surface area (Å²) in [6.07, 6.45) is 3.31. The molecule has 0 bridgehead atoms. The van der Waals surface area contributed by atoms with Gasteiger partial charge in [-0.05, 0) is 79.1 Å². The van der Waals surface area contributed by atoms with Gasteiger partial charge in [0.2, 0.25) is 0 Å². The van der Waals surface area contributed by atoms with Crippen LogP contribution in [0.4, 0.5) is 11.4 Å². The summed E-state index contributed by atoms with van der Waals surface area (Å²) in [5.74, 6) is -0.254. The van der Waals surface area contributed by atoms with E-state index in [1.807, 2.05) is 24.3 Å². The Morgan fingerprint density at radius 2 is 1.55 bits per heavy atom. The molecular formula is C24H25ClN2O3S. The lowest BCUT2D eigenvalue weighted by Gasteiger charge is -2.20. The summed E-state index contributed by atoms with van der Waals surface area (Å²) in [4.78, 5) is 12.7. The van der Waals surface area contributed by atoms with Crippen molar-refractivity contribution >= 4 is 38.9 Å². The number of anilines is 2. The molecule has 1 amide bonds. The van der Waals surface area contributed by atoms with Crippen LogP contribution in [0.3, 0.4) is 0 Å². The molecule has 0 unspecified atom stereocenters. The first-order valence-electron chi connectivity index (χ1n) is 10.1. The quantitative estimate of drug-likeness (QED) is 0.468. The van der Waals surface area contributed by atoms with Gasteiger partial charge in [0.05, 0.1) is 10.6 Å². The minimum Gasteiger partial charge on any atom is -0.322 e. The largest absolute Gasteiger partial charge is 0.322 e. The first-order valence-corrected chi connectivity index (χ1v) is 11.9. The van der Waals surface area contributed by atoms with Crippen molar-refractivity contribution in [2.45, 2.75) is 31.1 Å². The van der Waals surface area contributed by atoms with E-state index < -0.39 is 10.0 Å². The van der Waals surface area contributed by atoms with Crippen molar-refractivity contribution in [1.29, 1.82) is 0 Å². The van der Waals surface area contributed by atoms with Crippen molar-refractivity contribution in [1.82, 2.24) is 0 Å². The van der Waals surface area contributed by atoms with E-state index in [0.717, 1.165) is 24.9 Å². The monoisotopic (exact) mass is 456 g/mol. The van der Waals surface area contributed by atoms with Gasteiger partial charge in [-0.1, -0.05) is 37.1 Å². The lowest BCUT2D eigenvalue weighted by Crippen LogP contribution is -2.26. The third-order valence-electron chi connectivity index (χ3n) is 5.00. The van der Waals surface area contributed by atoms with E-state index in [0.29, 0.717) is 16.3 Å². The molecule has 0 aliphatic heterocycles. The third-order valence-corrected chi connectivity index (χ3v) is 7.05. The molecule has 0 aliphatic carbocycles. The molecule has 31 heavy (non-hydrogen) atoms. The second-order valence-electron chi connectivity index (χ2n) is 7.23. The number of unbranched alkanes of at least 4 members (excludes halogenated alkanes) is 1. The number of hydrogen-bond donors (Lipinski definition) is 1. The van der Waals surface area contributed by atoms with Gasteiger partial charge in [-0.3, -0.25) is 9.10 Å². The molecular weight excluding hydrogens is 432 g/mol. The van der Waals surface area contributed by atoms with Crippen LogP contribution < -0.4 is 9.62 Å². The molecule has 3 rings (SSSR count). The van der Waals surface area contributed by atoms with Crippen LogP contribution in [-0.2, 0) is 16.4 Å². The number of sulfonamides is 1. The number of carbonyl (C=O) groups is 1. The number of nitrogens with zero attached hydrogens (tertiary/aromatic N) is 1. The van der Waals surface area contributed by atoms with E-state index in [1.165, 1.54) is 41.2 Å². The topological polar surface area (TPSA) is 66.5 Å². The third kappa shape index (κ3) is 5.66. The fourth-order valence-corrected chi connectivity index (χ4v) is 4.39. The summed E-state index contributed by atoms with van der Waals surface area (Å²) in [5, 5.41) is 3.33. The second-order valence-corrected chi connectivity index (χ2v) is 9.63. The summed E-state index contributed by atoms with van der Waals surface area (Å²) in [6.45, 7) is 2.16. The molecule has 0 spiro atoms. The van der Waals surface area contributed by atoms with Gasteiger partial charge in [0.1, 0.15) is 0 Å². The maximum absolute atomic E-state index is 12.8. The Bertz CT molecular complexity index is 1130. The Kier molecular flexibility index (Phi) is 7.36. The number of amides is 1. The fourth-order valence-electron chi connectivity index (χ4n) is 3.07. The molecule has 0 radical (unpaired) electrons. The summed E-state index contributed by atoms with van der Waals surface area (Å²) in [7, 11) is -2.26. The molecule has 162 valence electrons. The van der Waals surface area contributed by atoms with Crippen molar-refractivity contribution in [2.24, 2.45) is 0 Å². The van der Waals surface area contributed by atoms with E-state index >= 15 is 0 Å². The summed E-state index contributed by atoms with van der Waals surface area (Å²) in [6, 6.07) is 20.2. The van der Waals surface area contributed by atoms with E-state index in [9.17, 15) is 13.2 Å². The molecule has 0 aliphatic rings. The lowest BCUT2D eigenvalue weighted by atomic mass is 10.1. The standard InChI is InChI=1S/C24H25ClN2O3S/c1-3-4-5-18-6-12-21(13-7-18)26-24(28)19-8-14-22(15-9-19)27(2)31(29,30)23-16-10-20(25)11-17-23/h6-17H,3-5H2,1-2H3,(H,26,28). The number of carbonyl (C=O) groups excluding carboxylic acids is 1. The maximum atomic E-state index is 12.8. The van der Waals surface area contributed by atoms with E-state index in [-0.39, 0.29) is 10.8 Å². The molecule has 0 fully saturated rings. The van der Waals surface area contributed by atoms with Gasteiger partial charge in [-0.15, -0.1) is 0 Å². The highest BCUT2D eigenvalue weighted by Gasteiger charge is 2.21. The van der Waals surface area contributed by atoms with Crippen molar-refractivity contribution < 1.29 is 13.2 Å². The molecule has 3 aromatic rings. The average molecular weight is 457 g/mol. The number of nitrogens with one attached hydrogen (secondary N) is 1. The minimum absolute atomic E-state index is 0.142. The van der Waals surface area contributed by atoms with Crippen LogP contribution in [-0.4, -0.2) is 21.4 Å². The molecule has 7 heteroatoms. The average Bonchev–Trinajstić information content (AvgIpc) is 2.78. The SMILES string of the molecule is CCCCc1ccc(NC(=O)c2ccc(N(C)S(=O)(=O)c3ccc(Cl)cc3)cc2)cc1. The molecule has 0 atom stereocenters. The van der Waals surface area contributed by atoms with Crippen LogP contribution in [0, 0.1) is 0 Å². The summed E-state index contributed by atoms with van der Waals surface area (Å²) >= 11 is 5.84. The highest BCUT2D eigenvalue weighted by Crippen LogP contribution is 2.24. The Morgan fingerprint density at radius 1 is 0.935 bits per heavy atom. The zero-order chi connectivity index (χ0) is 22.4. The van der Waals surface area contributed by atoms with Crippen LogP contribution in [0.15, 0.2) is 77.7 Å². The molecule has 0 aromatic heterocycles. The highest BCUT2D eigenvalue weighted by molar-refractivity contribution is 7.92. The van der Waals surface area contributed by atoms with Gasteiger partial charge in [0, 0.05) is 23.3 Å². The Balaban J connectivity index is 1.69. The van der Waals surface area contributed by atoms with Crippen molar-refractivity contribution in [2.75, 3.05) is 16.7 Å². The van der Waals surface area contributed by atoms with Crippen LogP contribution >= 0.6 is 11.6 Å². The Hall–Kier alpha value is -2.83. The van der Waals surface area contributed by atoms with Gasteiger partial charge in [0.25, 0.3) is 15.9 Å². The van der Waals surface area contributed by atoms with Crippen LogP contribution in [0.2, 0.25) is 5.02 Å². The Morgan fingerprint density at radius 3 is 2.13 bits per heavy atom. The predicted molar refractivity (Wildman–Crippen MR) is 126 cm³/mol. The zero-order valence-electron chi connectivity index (χ0n) is 17.5. The first-order chi connectivity index (χ1) is 14.8. The predicted octanol–water partition coefficient (Wildman–Crippen LogP) is 5.76. The number of benzene rings is 3. The molecule has 0 saturated carbocycles. The van der Waals surface area contributed by atoms with E-state index in [2.05, 4.69) is 12.2 Å². The van der Waals surface area contributed by atoms with Gasteiger partial charge >= 0.3 is 0 Å². The fraction of sp³-hybridized carbons (Fsp3) is 0.208. The summed E-state index contributed by atoms with van der Waals surface area (Å²) in [5.41, 5.74) is 2.86. The number of hydrogen-bond acceptors (Lipinski definition) is 3. The number of rotatable bonds is 8. The molecule has 0 saturated heterocycles. The molecule has 5 nitrogen and oxygen atoms in total. The molecule has 1 N–H and O–H groups in total. The van der Waals surface area contributed by atoms with Gasteiger partial charge in [-0.25, -0.2) is 8.42 Å². The van der Waals surface area contributed by atoms with Crippen molar-refractivity contribution in [3.8, 4) is 0 Å².